The number of benzene rings is 2. The van der Waals surface area contributed by atoms with E-state index < -0.39 is 15.3 Å². The number of ether oxygens (including phenoxy) is 1. The molecule has 1 atom stereocenters. The first-order chi connectivity index (χ1) is 11.3. The highest BCUT2D eigenvalue weighted by Gasteiger charge is 2.16. The molecule has 0 bridgehead atoms. The summed E-state index contributed by atoms with van der Waals surface area (Å²) in [5, 5.41) is -0.446. The van der Waals surface area contributed by atoms with Crippen molar-refractivity contribution in [1.82, 2.24) is 4.72 Å². The van der Waals surface area contributed by atoms with E-state index in [-0.39, 0.29) is 12.6 Å². The Labute approximate surface area is 144 Å². The van der Waals surface area contributed by atoms with Crippen molar-refractivity contribution < 1.29 is 13.2 Å². The van der Waals surface area contributed by atoms with E-state index in [1.807, 2.05) is 43.3 Å². The normalized spacial score (nSPS) is 13.0. The zero-order valence-electron chi connectivity index (χ0n) is 14.6. The van der Waals surface area contributed by atoms with Gasteiger partial charge in [-0.3, -0.25) is 0 Å². The highest BCUT2D eigenvalue weighted by atomic mass is 32.2. The number of nitrogens with one attached hydrogen (secondary N) is 1. The quantitative estimate of drug-likeness (QED) is 0.830. The van der Waals surface area contributed by atoms with Crippen molar-refractivity contribution in [2.45, 2.75) is 39.0 Å². The average Bonchev–Trinajstić information content (AvgIpc) is 2.54. The van der Waals surface area contributed by atoms with Gasteiger partial charge in [0.15, 0.2) is 0 Å². The number of sulfonamides is 1. The van der Waals surface area contributed by atoms with Crippen LogP contribution < -0.4 is 9.46 Å². The van der Waals surface area contributed by atoms with E-state index in [1.54, 1.807) is 13.8 Å². The van der Waals surface area contributed by atoms with Crippen LogP contribution in [0.15, 0.2) is 48.5 Å². The lowest BCUT2D eigenvalue weighted by atomic mass is 10.0. The van der Waals surface area contributed by atoms with Crippen LogP contribution in [0.3, 0.4) is 0 Å². The molecule has 0 amide bonds. The zero-order valence-corrected chi connectivity index (χ0v) is 15.4. The van der Waals surface area contributed by atoms with Crippen LogP contribution in [-0.2, 0) is 10.0 Å². The van der Waals surface area contributed by atoms with Crippen molar-refractivity contribution >= 4 is 10.0 Å². The highest BCUT2D eigenvalue weighted by molar-refractivity contribution is 7.90. The van der Waals surface area contributed by atoms with E-state index >= 15 is 0 Å². The van der Waals surface area contributed by atoms with Crippen LogP contribution in [0.5, 0.6) is 5.75 Å². The lowest BCUT2D eigenvalue weighted by molar-refractivity contribution is 0.225. The fourth-order valence-corrected chi connectivity index (χ4v) is 3.08. The van der Waals surface area contributed by atoms with Gasteiger partial charge in [0.2, 0.25) is 10.0 Å². The maximum absolute atomic E-state index is 11.8. The molecule has 0 spiro atoms. The Morgan fingerprint density at radius 1 is 1.00 bits per heavy atom. The molecule has 24 heavy (non-hydrogen) atoms. The third kappa shape index (κ3) is 4.82. The standard InChI is InChI=1S/C19H25NO3S/c1-14(2)24(21,22)20-13-16(4)23-18-11-9-17(10-12-18)19-8-6-5-7-15(19)3/h5-12,14,16,20H,13H2,1-4H3. The lowest BCUT2D eigenvalue weighted by Gasteiger charge is -2.17. The van der Waals surface area contributed by atoms with E-state index in [0.29, 0.717) is 0 Å². The van der Waals surface area contributed by atoms with Gasteiger partial charge in [0, 0.05) is 6.54 Å². The Morgan fingerprint density at radius 2 is 1.62 bits per heavy atom. The van der Waals surface area contributed by atoms with E-state index in [0.717, 1.165) is 11.3 Å². The van der Waals surface area contributed by atoms with Gasteiger partial charge in [-0.05, 0) is 56.5 Å². The summed E-state index contributed by atoms with van der Waals surface area (Å²) in [7, 11) is -3.26. The van der Waals surface area contributed by atoms with Gasteiger partial charge in [0.05, 0.1) is 5.25 Å². The summed E-state index contributed by atoms with van der Waals surface area (Å²) in [6, 6.07) is 16.1. The number of hydrogen-bond donors (Lipinski definition) is 1. The van der Waals surface area contributed by atoms with Gasteiger partial charge in [-0.25, -0.2) is 13.1 Å². The maximum Gasteiger partial charge on any atom is 0.214 e. The first-order valence-corrected chi connectivity index (χ1v) is 9.65. The smallest absolute Gasteiger partial charge is 0.214 e. The largest absolute Gasteiger partial charge is 0.489 e. The third-order valence-corrected chi connectivity index (χ3v) is 5.65. The van der Waals surface area contributed by atoms with Gasteiger partial charge in [-0.15, -0.1) is 0 Å². The molecular formula is C19H25NO3S. The van der Waals surface area contributed by atoms with Crippen LogP contribution in [0, 0.1) is 6.92 Å². The molecule has 5 heteroatoms. The van der Waals surface area contributed by atoms with E-state index in [1.165, 1.54) is 11.1 Å². The fraction of sp³-hybridized carbons (Fsp3) is 0.368. The summed E-state index contributed by atoms with van der Waals surface area (Å²) in [5.41, 5.74) is 3.55. The van der Waals surface area contributed by atoms with Crippen LogP contribution in [0.25, 0.3) is 11.1 Å². The van der Waals surface area contributed by atoms with Gasteiger partial charge < -0.3 is 4.74 Å². The van der Waals surface area contributed by atoms with Crippen LogP contribution in [0.4, 0.5) is 0 Å². The van der Waals surface area contributed by atoms with Gasteiger partial charge in [0.25, 0.3) is 0 Å². The molecule has 0 aliphatic carbocycles. The van der Waals surface area contributed by atoms with Crippen molar-refractivity contribution in [3.8, 4) is 16.9 Å². The molecule has 0 aliphatic rings. The Hall–Kier alpha value is -1.85. The van der Waals surface area contributed by atoms with Crippen molar-refractivity contribution in [2.24, 2.45) is 0 Å². The fourth-order valence-electron chi connectivity index (χ4n) is 2.28. The predicted octanol–water partition coefficient (Wildman–Crippen LogP) is 3.76. The molecule has 0 heterocycles. The molecule has 0 saturated carbocycles. The zero-order chi connectivity index (χ0) is 17.7. The monoisotopic (exact) mass is 347 g/mol. The van der Waals surface area contributed by atoms with Crippen LogP contribution >= 0.6 is 0 Å². The minimum Gasteiger partial charge on any atom is -0.489 e. The Balaban J connectivity index is 1.98. The summed E-state index contributed by atoms with van der Waals surface area (Å²) in [5.74, 6) is 0.726. The second-order valence-electron chi connectivity index (χ2n) is 6.21. The molecule has 0 radical (unpaired) electrons. The van der Waals surface area contributed by atoms with Crippen LogP contribution in [-0.4, -0.2) is 26.3 Å². The molecule has 2 aromatic rings. The van der Waals surface area contributed by atoms with Crippen molar-refractivity contribution in [3.63, 3.8) is 0 Å². The van der Waals surface area contributed by atoms with Gasteiger partial charge >= 0.3 is 0 Å². The number of hydrogen-bond acceptors (Lipinski definition) is 3. The van der Waals surface area contributed by atoms with Crippen LogP contribution in [0.2, 0.25) is 0 Å². The Morgan fingerprint density at radius 3 is 2.21 bits per heavy atom. The minimum absolute atomic E-state index is 0.247. The average molecular weight is 347 g/mol. The molecule has 1 N–H and O–H groups in total. The first-order valence-electron chi connectivity index (χ1n) is 8.11. The summed E-state index contributed by atoms with van der Waals surface area (Å²) in [4.78, 5) is 0. The van der Waals surface area contributed by atoms with E-state index in [9.17, 15) is 8.42 Å². The van der Waals surface area contributed by atoms with Gasteiger partial charge in [-0.1, -0.05) is 36.4 Å². The molecule has 2 rings (SSSR count). The van der Waals surface area contributed by atoms with Gasteiger partial charge in [0.1, 0.15) is 11.9 Å². The van der Waals surface area contributed by atoms with Gasteiger partial charge in [-0.2, -0.15) is 0 Å². The number of aryl methyl sites for hydroxylation is 1. The number of rotatable bonds is 7. The summed E-state index contributed by atoms with van der Waals surface area (Å²) < 4.78 is 31.9. The van der Waals surface area contributed by atoms with Crippen molar-refractivity contribution in [1.29, 1.82) is 0 Å². The Bertz CT molecular complexity index is 767. The molecule has 130 valence electrons. The topological polar surface area (TPSA) is 55.4 Å². The summed E-state index contributed by atoms with van der Waals surface area (Å²) >= 11 is 0. The molecule has 0 saturated heterocycles. The molecule has 0 aliphatic heterocycles. The Kier molecular flexibility index (Phi) is 6.02. The van der Waals surface area contributed by atoms with E-state index in [4.69, 9.17) is 4.74 Å². The third-order valence-electron chi connectivity index (χ3n) is 3.84. The second kappa shape index (κ2) is 7.81. The lowest BCUT2D eigenvalue weighted by Crippen LogP contribution is -2.37. The second-order valence-corrected chi connectivity index (χ2v) is 8.53. The maximum atomic E-state index is 11.8. The minimum atomic E-state index is -3.26. The summed E-state index contributed by atoms with van der Waals surface area (Å²) in [6.07, 6.45) is -0.247. The molecule has 1 unspecified atom stereocenters. The van der Waals surface area contributed by atoms with Crippen LogP contribution in [0.1, 0.15) is 26.3 Å². The first kappa shape index (κ1) is 18.5. The summed E-state index contributed by atoms with van der Waals surface area (Å²) in [6.45, 7) is 7.48. The molecule has 0 aromatic heterocycles. The molecule has 2 aromatic carbocycles. The SMILES string of the molecule is Cc1ccccc1-c1ccc(OC(C)CNS(=O)(=O)C(C)C)cc1. The molecular weight excluding hydrogens is 322 g/mol. The van der Waals surface area contributed by atoms with Crippen molar-refractivity contribution in [2.75, 3.05) is 6.54 Å². The molecule has 4 nitrogen and oxygen atoms in total. The highest BCUT2D eigenvalue weighted by Crippen LogP contribution is 2.25. The van der Waals surface area contributed by atoms with Crippen molar-refractivity contribution in [3.05, 3.63) is 54.1 Å². The molecule has 0 fully saturated rings. The predicted molar refractivity (Wildman–Crippen MR) is 98.8 cm³/mol. The van der Waals surface area contributed by atoms with E-state index in [2.05, 4.69) is 23.8 Å².